The van der Waals surface area contributed by atoms with E-state index in [0.717, 1.165) is 59.1 Å². The molecule has 2 fully saturated rings. The number of nitrogens with one attached hydrogen (secondary N) is 1. The summed E-state index contributed by atoms with van der Waals surface area (Å²) in [5.41, 5.74) is 5.09. The average Bonchev–Trinajstić information content (AvgIpc) is 3.39. The van der Waals surface area contributed by atoms with E-state index in [-0.39, 0.29) is 36.1 Å². The minimum absolute atomic E-state index is 0.0866. The molecule has 0 radical (unpaired) electrons. The number of anilines is 1. The van der Waals surface area contributed by atoms with Gasteiger partial charge in [0, 0.05) is 53.5 Å². The lowest BCUT2D eigenvalue weighted by atomic mass is 9.96. The van der Waals surface area contributed by atoms with E-state index in [0.29, 0.717) is 52.7 Å². The van der Waals surface area contributed by atoms with Gasteiger partial charge in [0.2, 0.25) is 17.7 Å². The van der Waals surface area contributed by atoms with E-state index in [9.17, 15) is 14.4 Å². The van der Waals surface area contributed by atoms with Crippen LogP contribution in [0.1, 0.15) is 72.7 Å². The third kappa shape index (κ3) is 6.49. The molecule has 2 aliphatic heterocycles. The van der Waals surface area contributed by atoms with Crippen LogP contribution in [0.25, 0.3) is 22.0 Å². The largest absolute Gasteiger partial charge is 0.477 e. The van der Waals surface area contributed by atoms with Crippen molar-refractivity contribution in [3.63, 3.8) is 0 Å². The topological polar surface area (TPSA) is 145 Å². The predicted octanol–water partition coefficient (Wildman–Crippen LogP) is 6.46. The number of Topliss-reactive ketones (excluding diaryl/α,β-unsaturated/α-hetero) is 1. The van der Waals surface area contributed by atoms with Gasteiger partial charge in [-0.1, -0.05) is 25.5 Å². The van der Waals surface area contributed by atoms with Gasteiger partial charge < -0.3 is 15.0 Å². The van der Waals surface area contributed by atoms with Crippen LogP contribution < -0.4 is 10.1 Å². The van der Waals surface area contributed by atoms with Gasteiger partial charge in [0.05, 0.1) is 12.1 Å². The quantitative estimate of drug-likeness (QED) is 0.161. The van der Waals surface area contributed by atoms with Crippen LogP contribution >= 0.6 is 15.9 Å². The Morgan fingerprint density at radius 1 is 1.00 bits per heavy atom. The highest BCUT2D eigenvalue weighted by atomic mass is 79.9. The standard InChI is InChI=1S/C40H41BrN8O4/c1-22-13-14-32(41)45-38(22)46-39(52)31-17-40-21-53-33-12-8-11-29(44-33)10-7-5-6-9-26-15-27(28-18-42-25(4)43-19-28)16-30-35(24(3)50)47-48(36(26)30)20-34(51)49(31)37(40)23(40)2/h8,11-16,18-19,23,31,37H,5-7,9-10,17,20-21H2,1-4H3,(H,45,46,52)/t23-,31-,37+,40+/m0/s1. The number of hydrogen-bond donors (Lipinski definition) is 1. The van der Waals surface area contributed by atoms with Crippen molar-refractivity contribution in [3.05, 3.63) is 87.8 Å². The van der Waals surface area contributed by atoms with E-state index < -0.39 is 11.5 Å². The van der Waals surface area contributed by atoms with Crippen LogP contribution in [0.15, 0.2) is 59.5 Å². The molecule has 1 aliphatic carbocycles. The first-order valence-electron chi connectivity index (χ1n) is 18.2. The molecule has 1 saturated carbocycles. The lowest BCUT2D eigenvalue weighted by Crippen LogP contribution is -2.47. The van der Waals surface area contributed by atoms with Gasteiger partial charge in [-0.15, -0.1) is 0 Å². The number of ether oxygens (including phenoxy) is 1. The summed E-state index contributed by atoms with van der Waals surface area (Å²) in [6, 6.07) is 12.6. The van der Waals surface area contributed by atoms with Crippen molar-refractivity contribution >= 4 is 50.2 Å². The SMILES string of the molecule is CC(=O)c1nn2c3c(cc(-c4cnc(C)nc4)cc13)CCCCCc1cccc(n1)OC[C@@]13C[C@@H](C(=O)Nc4nc(Br)ccc4C)N(C(=O)C2)[C@@H]1[C@@H]3C. The number of nitrogens with zero attached hydrogens (tertiary/aromatic N) is 7. The molecule has 2 amide bonds. The molecule has 13 heteroatoms. The molecule has 1 saturated heterocycles. The second-order valence-electron chi connectivity index (χ2n) is 14.7. The normalized spacial score (nSPS) is 22.8. The van der Waals surface area contributed by atoms with E-state index in [1.807, 2.05) is 50.2 Å². The van der Waals surface area contributed by atoms with Crippen molar-refractivity contribution in [3.8, 4) is 17.0 Å². The summed E-state index contributed by atoms with van der Waals surface area (Å²) in [6.07, 6.45) is 8.31. The minimum atomic E-state index is -0.768. The summed E-state index contributed by atoms with van der Waals surface area (Å²) >= 11 is 3.41. The molecule has 53 heavy (non-hydrogen) atoms. The monoisotopic (exact) mass is 776 g/mol. The summed E-state index contributed by atoms with van der Waals surface area (Å²) in [6.45, 7) is 7.52. The number of hydrogen-bond acceptors (Lipinski definition) is 9. The number of aromatic nitrogens is 6. The maximum atomic E-state index is 14.7. The first kappa shape index (κ1) is 35.0. The zero-order valence-electron chi connectivity index (χ0n) is 30.2. The third-order valence-corrected chi connectivity index (χ3v) is 11.7. The van der Waals surface area contributed by atoms with E-state index in [4.69, 9.17) is 14.8 Å². The number of ketones is 1. The molecule has 4 aromatic heterocycles. The molecule has 4 atom stereocenters. The van der Waals surface area contributed by atoms with Crippen LogP contribution in [0.4, 0.5) is 5.82 Å². The lowest BCUT2D eigenvalue weighted by molar-refractivity contribution is -0.138. The number of halogens is 1. The van der Waals surface area contributed by atoms with Gasteiger partial charge in [0.15, 0.2) is 5.78 Å². The molecule has 0 spiro atoms. The molecule has 5 aromatic rings. The Morgan fingerprint density at radius 2 is 1.79 bits per heavy atom. The second kappa shape index (κ2) is 13.7. The molecule has 3 aliphatic rings. The molecule has 1 N–H and O–H groups in total. The zero-order valence-corrected chi connectivity index (χ0v) is 31.8. The highest BCUT2D eigenvalue weighted by Crippen LogP contribution is 2.64. The van der Waals surface area contributed by atoms with E-state index in [1.54, 1.807) is 22.0 Å². The molecule has 4 bridgehead atoms. The number of fused-ring (bicyclic) bond motifs is 2. The van der Waals surface area contributed by atoms with Crippen molar-refractivity contribution in [2.75, 3.05) is 11.9 Å². The number of amides is 2. The highest BCUT2D eigenvalue weighted by Gasteiger charge is 2.73. The van der Waals surface area contributed by atoms with E-state index in [2.05, 4.69) is 49.2 Å². The fourth-order valence-electron chi connectivity index (χ4n) is 8.38. The van der Waals surface area contributed by atoms with Crippen molar-refractivity contribution in [2.24, 2.45) is 11.3 Å². The van der Waals surface area contributed by atoms with Crippen LogP contribution in [-0.2, 0) is 29.0 Å². The predicted molar refractivity (Wildman–Crippen MR) is 202 cm³/mol. The van der Waals surface area contributed by atoms with Crippen molar-refractivity contribution in [1.29, 1.82) is 0 Å². The van der Waals surface area contributed by atoms with Gasteiger partial charge in [0.25, 0.3) is 0 Å². The van der Waals surface area contributed by atoms with Crippen LogP contribution in [0.3, 0.4) is 0 Å². The minimum Gasteiger partial charge on any atom is -0.477 e. The number of carbonyl (C=O) groups is 3. The first-order valence-corrected chi connectivity index (χ1v) is 19.0. The molecule has 6 heterocycles. The summed E-state index contributed by atoms with van der Waals surface area (Å²) < 4.78 is 8.64. The van der Waals surface area contributed by atoms with Gasteiger partial charge in [0.1, 0.15) is 34.5 Å². The first-order chi connectivity index (χ1) is 25.5. The summed E-state index contributed by atoms with van der Waals surface area (Å²) in [5, 5.41) is 8.49. The zero-order chi connectivity index (χ0) is 37.0. The Labute approximate surface area is 315 Å². The Bertz CT molecular complexity index is 2270. The van der Waals surface area contributed by atoms with Crippen molar-refractivity contribution in [1.82, 2.24) is 34.6 Å². The van der Waals surface area contributed by atoms with Gasteiger partial charge in [-0.3, -0.25) is 19.1 Å². The van der Waals surface area contributed by atoms with Gasteiger partial charge in [-0.05, 0) is 109 Å². The van der Waals surface area contributed by atoms with E-state index in [1.165, 1.54) is 6.92 Å². The van der Waals surface area contributed by atoms with Crippen LogP contribution in [0.2, 0.25) is 0 Å². The van der Waals surface area contributed by atoms with Gasteiger partial charge >= 0.3 is 0 Å². The maximum Gasteiger partial charge on any atom is 0.248 e. The number of benzene rings is 1. The smallest absolute Gasteiger partial charge is 0.248 e. The van der Waals surface area contributed by atoms with Crippen LogP contribution in [0.5, 0.6) is 5.88 Å². The average molecular weight is 778 g/mol. The lowest BCUT2D eigenvalue weighted by Gasteiger charge is -2.28. The number of piperidine rings is 1. The number of aryl methyl sites for hydroxylation is 4. The Kier molecular flexibility index (Phi) is 9.08. The fourth-order valence-corrected chi connectivity index (χ4v) is 8.69. The fraction of sp³-hybridized carbons (Fsp3) is 0.400. The molecular weight excluding hydrogens is 736 g/mol. The van der Waals surface area contributed by atoms with Crippen LogP contribution in [-0.4, -0.2) is 70.9 Å². The second-order valence-corrected chi connectivity index (χ2v) is 15.5. The van der Waals surface area contributed by atoms with Crippen LogP contribution in [0, 0.1) is 25.2 Å². The third-order valence-electron chi connectivity index (χ3n) is 11.3. The number of carbonyl (C=O) groups excluding carboxylic acids is 3. The Hall–Kier alpha value is -5.04. The summed E-state index contributed by atoms with van der Waals surface area (Å²) in [4.78, 5) is 61.9. The highest BCUT2D eigenvalue weighted by molar-refractivity contribution is 9.10. The molecule has 8 rings (SSSR count). The van der Waals surface area contributed by atoms with Crippen molar-refractivity contribution in [2.45, 2.75) is 84.8 Å². The van der Waals surface area contributed by atoms with Crippen molar-refractivity contribution < 1.29 is 19.1 Å². The van der Waals surface area contributed by atoms with Gasteiger partial charge in [-0.2, -0.15) is 5.10 Å². The number of rotatable bonds is 4. The van der Waals surface area contributed by atoms with E-state index >= 15 is 0 Å². The maximum absolute atomic E-state index is 14.7. The Morgan fingerprint density at radius 3 is 2.58 bits per heavy atom. The number of pyridine rings is 2. The molecule has 0 unspecified atom stereocenters. The summed E-state index contributed by atoms with van der Waals surface area (Å²) in [5.74, 6) is 0.991. The van der Waals surface area contributed by atoms with Gasteiger partial charge in [-0.25, -0.2) is 19.9 Å². The summed E-state index contributed by atoms with van der Waals surface area (Å²) in [7, 11) is 0. The molecular formula is C40H41BrN8O4. The Balaban J connectivity index is 1.22. The molecule has 272 valence electrons. The molecule has 12 nitrogen and oxygen atoms in total. The molecule has 1 aromatic carbocycles.